The Bertz CT molecular complexity index is 511. The van der Waals surface area contributed by atoms with Crippen molar-refractivity contribution < 1.29 is 33.3 Å². The van der Waals surface area contributed by atoms with E-state index in [1.165, 1.54) is 18.7 Å². The lowest BCUT2D eigenvalue weighted by molar-refractivity contribution is -0.196. The second-order valence-electron chi connectivity index (χ2n) is 5.55. The van der Waals surface area contributed by atoms with Crippen LogP contribution in [-0.4, -0.2) is 66.3 Å². The third-order valence-electron chi connectivity index (χ3n) is 3.95. The predicted octanol–water partition coefficient (Wildman–Crippen LogP) is -0.655. The highest BCUT2D eigenvalue weighted by molar-refractivity contribution is 5.72. The lowest BCUT2D eigenvalue weighted by Gasteiger charge is -2.44. The predicted molar refractivity (Wildman–Crippen MR) is 69.3 cm³/mol. The molecule has 0 aromatic carbocycles. The molecule has 0 aromatic heterocycles. The van der Waals surface area contributed by atoms with Crippen LogP contribution in [-0.2, 0) is 28.5 Å². The second-order valence-corrected chi connectivity index (χ2v) is 5.55. The van der Waals surface area contributed by atoms with Crippen molar-refractivity contribution in [1.82, 2.24) is 10.2 Å². The first kappa shape index (κ1) is 15.0. The van der Waals surface area contributed by atoms with Crippen molar-refractivity contribution in [2.75, 3.05) is 6.61 Å². The Morgan fingerprint density at radius 1 is 1.23 bits per heavy atom. The number of piperidine rings is 1. The third kappa shape index (κ3) is 2.40. The van der Waals surface area contributed by atoms with Crippen molar-refractivity contribution in [3.63, 3.8) is 0 Å². The van der Waals surface area contributed by atoms with Gasteiger partial charge in [0, 0.05) is 13.8 Å². The average Bonchev–Trinajstić information content (AvgIpc) is 2.95. The van der Waals surface area contributed by atoms with Crippen LogP contribution in [0.3, 0.4) is 0 Å². The highest BCUT2D eigenvalue weighted by Crippen LogP contribution is 2.36. The molecule has 3 saturated heterocycles. The number of hydrogen-bond acceptors (Lipinski definition) is 8. The summed E-state index contributed by atoms with van der Waals surface area (Å²) in [7, 11) is 0. The largest absolute Gasteiger partial charge is 0.456 e. The van der Waals surface area contributed by atoms with Crippen LogP contribution in [0.5, 0.6) is 0 Å². The van der Waals surface area contributed by atoms with Crippen molar-refractivity contribution in [1.29, 1.82) is 0 Å². The average molecular weight is 314 g/mol. The molecule has 1 N–H and O–H groups in total. The normalized spacial score (nSPS) is 39.8. The van der Waals surface area contributed by atoms with Gasteiger partial charge in [-0.2, -0.15) is 0 Å². The summed E-state index contributed by atoms with van der Waals surface area (Å²) in [4.78, 5) is 36.3. The smallest absolute Gasteiger partial charge is 0.411 e. The highest BCUT2D eigenvalue weighted by atomic mass is 16.6. The number of amides is 1. The minimum Gasteiger partial charge on any atom is -0.456 e. The van der Waals surface area contributed by atoms with Gasteiger partial charge in [0.1, 0.15) is 31.1 Å². The van der Waals surface area contributed by atoms with Gasteiger partial charge in [-0.1, -0.05) is 0 Å². The molecule has 0 radical (unpaired) electrons. The van der Waals surface area contributed by atoms with E-state index in [0.717, 1.165) is 0 Å². The van der Waals surface area contributed by atoms with Crippen LogP contribution in [0.1, 0.15) is 20.8 Å². The van der Waals surface area contributed by atoms with Crippen LogP contribution in [0.15, 0.2) is 0 Å². The van der Waals surface area contributed by atoms with Crippen LogP contribution in [0, 0.1) is 0 Å². The fourth-order valence-electron chi connectivity index (χ4n) is 3.27. The third-order valence-corrected chi connectivity index (χ3v) is 3.95. The van der Waals surface area contributed by atoms with E-state index in [2.05, 4.69) is 5.32 Å². The second kappa shape index (κ2) is 5.40. The van der Waals surface area contributed by atoms with Crippen LogP contribution in [0.25, 0.3) is 0 Å². The molecule has 3 heterocycles. The molecule has 0 spiro atoms. The zero-order valence-corrected chi connectivity index (χ0v) is 12.5. The number of hydrogen-bond donors (Lipinski definition) is 1. The van der Waals surface area contributed by atoms with E-state index in [-0.39, 0.29) is 12.8 Å². The summed E-state index contributed by atoms with van der Waals surface area (Å²) in [5.41, 5.74) is 0. The van der Waals surface area contributed by atoms with Gasteiger partial charge in [0.15, 0.2) is 12.2 Å². The maximum Gasteiger partial charge on any atom is 0.411 e. The van der Waals surface area contributed by atoms with Gasteiger partial charge in [0.25, 0.3) is 0 Å². The summed E-state index contributed by atoms with van der Waals surface area (Å²) < 4.78 is 21.4. The Kier molecular flexibility index (Phi) is 3.69. The van der Waals surface area contributed by atoms with Gasteiger partial charge in [-0.15, -0.1) is 0 Å². The number of nitrogens with zero attached hydrogens (tertiary/aromatic N) is 1. The van der Waals surface area contributed by atoms with E-state index < -0.39 is 48.6 Å². The van der Waals surface area contributed by atoms with E-state index in [4.69, 9.17) is 18.9 Å². The number of carbonyl (C=O) groups is 3. The number of carbonyl (C=O) groups excluding carboxylic acids is 3. The first-order valence-corrected chi connectivity index (χ1v) is 7.09. The molecule has 0 bridgehead atoms. The Hall–Kier alpha value is -1.87. The van der Waals surface area contributed by atoms with E-state index in [1.54, 1.807) is 6.92 Å². The summed E-state index contributed by atoms with van der Waals surface area (Å²) in [6.07, 6.45) is -3.61. The molecule has 3 aliphatic heterocycles. The molecule has 0 saturated carbocycles. The van der Waals surface area contributed by atoms with Crippen molar-refractivity contribution in [2.45, 2.75) is 57.5 Å². The first-order chi connectivity index (χ1) is 10.4. The minimum absolute atomic E-state index is 0.0633. The Labute approximate surface area is 126 Å². The van der Waals surface area contributed by atoms with Crippen molar-refractivity contribution in [3.05, 3.63) is 0 Å². The fraction of sp³-hybridized carbons (Fsp3) is 0.769. The molecule has 0 aromatic rings. The lowest BCUT2D eigenvalue weighted by Crippen LogP contribution is -2.68. The van der Waals surface area contributed by atoms with Gasteiger partial charge in [0.2, 0.25) is 0 Å². The summed E-state index contributed by atoms with van der Waals surface area (Å²) in [6.45, 7) is 4.37. The first-order valence-electron chi connectivity index (χ1n) is 7.09. The van der Waals surface area contributed by atoms with E-state index >= 15 is 0 Å². The summed E-state index contributed by atoms with van der Waals surface area (Å²) in [5.74, 6) is -1.04. The maximum absolute atomic E-state index is 12.0. The topological polar surface area (TPSA) is 103 Å². The molecule has 3 unspecified atom stereocenters. The minimum atomic E-state index is -0.832. The lowest BCUT2D eigenvalue weighted by atomic mass is 9.92. The summed E-state index contributed by atoms with van der Waals surface area (Å²) in [5, 5.41) is 3.11. The maximum atomic E-state index is 12.0. The highest BCUT2D eigenvalue weighted by Gasteiger charge is 2.60. The van der Waals surface area contributed by atoms with Gasteiger partial charge in [-0.3, -0.25) is 19.8 Å². The fourth-order valence-corrected chi connectivity index (χ4v) is 3.27. The number of nitrogens with one attached hydrogen (secondary N) is 1. The number of ether oxygens (including phenoxy) is 4. The zero-order valence-electron chi connectivity index (χ0n) is 12.5. The molecule has 1 amide bonds. The van der Waals surface area contributed by atoms with E-state index in [1.807, 2.05) is 0 Å². The van der Waals surface area contributed by atoms with E-state index in [0.29, 0.717) is 0 Å². The quantitative estimate of drug-likeness (QED) is 0.529. The van der Waals surface area contributed by atoms with Crippen molar-refractivity contribution in [3.8, 4) is 0 Å². The SMILES string of the molecule is CC(=O)O[C@@H]1C2OC(C)N[C@H]2N2C(=O)OCC2[C@H]1OC(C)=O. The van der Waals surface area contributed by atoms with Crippen molar-refractivity contribution >= 4 is 18.0 Å². The molecule has 22 heavy (non-hydrogen) atoms. The molecule has 9 nitrogen and oxygen atoms in total. The molecular weight excluding hydrogens is 296 g/mol. The number of esters is 2. The van der Waals surface area contributed by atoms with Gasteiger partial charge >= 0.3 is 18.0 Å². The standard InChI is InChI=1S/C13H18N2O7/c1-5-14-12-11(20-5)10(22-7(3)17)9(21-6(2)16)8-4-19-13(18)15(8)12/h5,8-12,14H,4H2,1-3H3/t5?,8?,9-,10+,11?,12+/m1/s1. The van der Waals surface area contributed by atoms with Crippen LogP contribution < -0.4 is 5.32 Å². The van der Waals surface area contributed by atoms with Gasteiger partial charge < -0.3 is 18.9 Å². The number of cyclic esters (lactones) is 1. The van der Waals surface area contributed by atoms with Crippen LogP contribution >= 0.6 is 0 Å². The monoisotopic (exact) mass is 314 g/mol. The molecule has 122 valence electrons. The molecule has 3 aliphatic rings. The zero-order chi connectivity index (χ0) is 16.0. The van der Waals surface area contributed by atoms with E-state index in [9.17, 15) is 14.4 Å². The number of rotatable bonds is 2. The van der Waals surface area contributed by atoms with Crippen LogP contribution in [0.4, 0.5) is 4.79 Å². The summed E-state index contributed by atoms with van der Waals surface area (Å²) >= 11 is 0. The van der Waals surface area contributed by atoms with Crippen LogP contribution in [0.2, 0.25) is 0 Å². The molecule has 6 atom stereocenters. The molecular formula is C13H18N2O7. The molecule has 3 rings (SSSR count). The Balaban J connectivity index is 1.96. The summed E-state index contributed by atoms with van der Waals surface area (Å²) in [6, 6.07) is -0.525. The molecule has 9 heteroatoms. The number of fused-ring (bicyclic) bond motifs is 3. The van der Waals surface area contributed by atoms with Gasteiger partial charge in [-0.25, -0.2) is 4.79 Å². The molecule has 0 aliphatic carbocycles. The Morgan fingerprint density at radius 3 is 2.50 bits per heavy atom. The molecule has 3 fully saturated rings. The Morgan fingerprint density at radius 2 is 1.86 bits per heavy atom. The van der Waals surface area contributed by atoms with Gasteiger partial charge in [0.05, 0.1) is 0 Å². The van der Waals surface area contributed by atoms with Crippen molar-refractivity contribution in [2.24, 2.45) is 0 Å². The van der Waals surface area contributed by atoms with Gasteiger partial charge in [-0.05, 0) is 6.92 Å².